The summed E-state index contributed by atoms with van der Waals surface area (Å²) in [4.78, 5) is 6.56. The topological polar surface area (TPSA) is 34.1 Å². The van der Waals surface area contributed by atoms with Gasteiger partial charge in [-0.2, -0.15) is 0 Å². The third-order valence-corrected chi connectivity index (χ3v) is 5.40. The van der Waals surface area contributed by atoms with E-state index in [9.17, 15) is 0 Å². The van der Waals surface area contributed by atoms with E-state index in [0.29, 0.717) is 11.8 Å². The van der Waals surface area contributed by atoms with E-state index in [-0.39, 0.29) is 0 Å². The molecule has 18 heavy (non-hydrogen) atoms. The predicted octanol–water partition coefficient (Wildman–Crippen LogP) is 2.68. The molecule has 1 unspecified atom stereocenters. The second-order valence-electron chi connectivity index (χ2n) is 5.39. The zero-order chi connectivity index (χ0) is 12.4. The molecule has 3 nitrogen and oxygen atoms in total. The van der Waals surface area contributed by atoms with Crippen LogP contribution in [0.15, 0.2) is 0 Å². The van der Waals surface area contributed by atoms with Gasteiger partial charge in [-0.05, 0) is 39.2 Å². The summed E-state index contributed by atoms with van der Waals surface area (Å²) in [6.45, 7) is 2.90. The molecule has 2 aliphatic rings. The molecule has 1 saturated heterocycles. The number of nitrogens with one attached hydrogen (secondary N) is 1. The molecule has 4 heteroatoms. The quantitative estimate of drug-likeness (QED) is 0.913. The fourth-order valence-electron chi connectivity index (χ4n) is 3.09. The zero-order valence-corrected chi connectivity index (χ0v) is 11.9. The Kier molecular flexibility index (Phi) is 3.97. The minimum absolute atomic E-state index is 0.642. The van der Waals surface area contributed by atoms with Crippen molar-refractivity contribution in [1.82, 2.24) is 10.3 Å². The molecule has 1 fully saturated rings. The summed E-state index contributed by atoms with van der Waals surface area (Å²) < 4.78 is 5.45. The fraction of sp³-hybridized carbons (Fsp3) is 0.786. The maximum absolute atomic E-state index is 5.45. The van der Waals surface area contributed by atoms with Crippen molar-refractivity contribution >= 4 is 11.3 Å². The second kappa shape index (κ2) is 5.68. The van der Waals surface area contributed by atoms with E-state index in [1.807, 2.05) is 18.4 Å². The normalized spacial score (nSPS) is 25.1. The molecular formula is C14H22N2OS. The number of hydrogen-bond acceptors (Lipinski definition) is 4. The van der Waals surface area contributed by atoms with E-state index in [1.165, 1.54) is 30.0 Å². The van der Waals surface area contributed by atoms with Crippen molar-refractivity contribution in [1.29, 1.82) is 0 Å². The van der Waals surface area contributed by atoms with Crippen LogP contribution in [0.3, 0.4) is 0 Å². The van der Waals surface area contributed by atoms with Crippen LogP contribution in [0.2, 0.25) is 0 Å². The number of fused-ring (bicyclic) bond motifs is 1. The van der Waals surface area contributed by atoms with Gasteiger partial charge in [0.05, 0.1) is 10.7 Å². The monoisotopic (exact) mass is 266 g/mol. The Labute approximate surface area is 113 Å². The summed E-state index contributed by atoms with van der Waals surface area (Å²) in [5, 5.41) is 4.69. The standard InChI is InChI=1S/C14H22N2OS/c1-15-9-11-3-2-4-12-13(11)16-14(18-12)10-5-7-17-8-6-10/h10-11,15H,2-9H2,1H3. The molecule has 1 N–H and O–H groups in total. The number of hydrogen-bond donors (Lipinski definition) is 1. The molecule has 1 atom stereocenters. The molecule has 3 rings (SSSR count). The van der Waals surface area contributed by atoms with Gasteiger partial charge < -0.3 is 10.1 Å². The molecule has 1 aromatic heterocycles. The summed E-state index contributed by atoms with van der Waals surface area (Å²) >= 11 is 1.98. The first-order chi connectivity index (χ1) is 8.88. The molecule has 0 amide bonds. The Bertz CT molecular complexity index is 398. The lowest BCUT2D eigenvalue weighted by atomic mass is 9.91. The van der Waals surface area contributed by atoms with Crippen molar-refractivity contribution in [3.63, 3.8) is 0 Å². The Morgan fingerprint density at radius 1 is 1.33 bits per heavy atom. The van der Waals surface area contributed by atoms with Gasteiger partial charge in [0.2, 0.25) is 0 Å². The van der Waals surface area contributed by atoms with Gasteiger partial charge in [-0.15, -0.1) is 11.3 Å². The van der Waals surface area contributed by atoms with Crippen LogP contribution >= 0.6 is 11.3 Å². The van der Waals surface area contributed by atoms with Gasteiger partial charge >= 0.3 is 0 Å². The highest BCUT2D eigenvalue weighted by atomic mass is 32.1. The fourth-order valence-corrected chi connectivity index (χ4v) is 4.45. The highest BCUT2D eigenvalue weighted by molar-refractivity contribution is 7.11. The third kappa shape index (κ3) is 2.46. The number of nitrogens with zero attached hydrogens (tertiary/aromatic N) is 1. The summed E-state index contributed by atoms with van der Waals surface area (Å²) in [7, 11) is 2.04. The molecule has 2 heterocycles. The van der Waals surface area contributed by atoms with E-state index >= 15 is 0 Å². The van der Waals surface area contributed by atoms with Gasteiger partial charge in [0, 0.05) is 36.5 Å². The number of rotatable bonds is 3. The first-order valence-electron chi connectivity index (χ1n) is 7.10. The summed E-state index contributed by atoms with van der Waals surface area (Å²) in [5.74, 6) is 1.30. The average Bonchev–Trinajstić information content (AvgIpc) is 2.85. The van der Waals surface area contributed by atoms with Crippen LogP contribution in [0, 0.1) is 0 Å². The molecule has 0 bridgehead atoms. The van der Waals surface area contributed by atoms with Crippen molar-refractivity contribution in [2.24, 2.45) is 0 Å². The third-order valence-electron chi connectivity index (χ3n) is 4.11. The number of aromatic nitrogens is 1. The highest BCUT2D eigenvalue weighted by Gasteiger charge is 2.27. The van der Waals surface area contributed by atoms with Crippen LogP contribution in [-0.2, 0) is 11.2 Å². The van der Waals surface area contributed by atoms with Crippen molar-refractivity contribution < 1.29 is 4.74 Å². The van der Waals surface area contributed by atoms with Crippen LogP contribution in [-0.4, -0.2) is 31.8 Å². The molecule has 1 aromatic rings. The van der Waals surface area contributed by atoms with Gasteiger partial charge in [-0.1, -0.05) is 0 Å². The summed E-state index contributed by atoms with van der Waals surface area (Å²) in [6, 6.07) is 0. The lowest BCUT2D eigenvalue weighted by molar-refractivity contribution is 0.0852. The van der Waals surface area contributed by atoms with Crippen LogP contribution in [0.1, 0.15) is 53.1 Å². The molecular weight excluding hydrogens is 244 g/mol. The van der Waals surface area contributed by atoms with Crippen molar-refractivity contribution in [2.45, 2.75) is 43.9 Å². The van der Waals surface area contributed by atoms with Gasteiger partial charge in [0.25, 0.3) is 0 Å². The maximum atomic E-state index is 5.45. The lowest BCUT2D eigenvalue weighted by Crippen LogP contribution is -2.21. The number of ether oxygens (including phenoxy) is 1. The van der Waals surface area contributed by atoms with Gasteiger partial charge in [0.15, 0.2) is 0 Å². The minimum Gasteiger partial charge on any atom is -0.381 e. The Morgan fingerprint density at radius 2 is 2.17 bits per heavy atom. The average molecular weight is 266 g/mol. The van der Waals surface area contributed by atoms with Gasteiger partial charge in [0.1, 0.15) is 0 Å². The van der Waals surface area contributed by atoms with Crippen molar-refractivity contribution in [3.8, 4) is 0 Å². The maximum Gasteiger partial charge on any atom is 0.0963 e. The van der Waals surface area contributed by atoms with Crippen LogP contribution in [0.25, 0.3) is 0 Å². The predicted molar refractivity (Wildman–Crippen MR) is 74.5 cm³/mol. The SMILES string of the molecule is CNCC1CCCc2sc(C3CCOCC3)nc21. The lowest BCUT2D eigenvalue weighted by Gasteiger charge is -2.21. The highest BCUT2D eigenvalue weighted by Crippen LogP contribution is 2.38. The number of aryl methyl sites for hydroxylation is 1. The van der Waals surface area contributed by atoms with Crippen molar-refractivity contribution in [2.75, 3.05) is 26.8 Å². The smallest absolute Gasteiger partial charge is 0.0963 e. The van der Waals surface area contributed by atoms with Gasteiger partial charge in [-0.3, -0.25) is 0 Å². The first-order valence-corrected chi connectivity index (χ1v) is 7.92. The zero-order valence-electron chi connectivity index (χ0n) is 11.1. The van der Waals surface area contributed by atoms with Crippen LogP contribution in [0.5, 0.6) is 0 Å². The van der Waals surface area contributed by atoms with E-state index in [4.69, 9.17) is 9.72 Å². The molecule has 0 radical (unpaired) electrons. The number of thiazole rings is 1. The molecule has 100 valence electrons. The Hall–Kier alpha value is -0.450. The van der Waals surface area contributed by atoms with Crippen LogP contribution in [0.4, 0.5) is 0 Å². The molecule has 0 spiro atoms. The molecule has 1 aliphatic heterocycles. The first kappa shape index (κ1) is 12.6. The van der Waals surface area contributed by atoms with E-state index < -0.39 is 0 Å². The molecule has 1 aliphatic carbocycles. The summed E-state index contributed by atoms with van der Waals surface area (Å²) in [6.07, 6.45) is 6.18. The van der Waals surface area contributed by atoms with Crippen LogP contribution < -0.4 is 5.32 Å². The molecule has 0 saturated carbocycles. The van der Waals surface area contributed by atoms with Crippen molar-refractivity contribution in [3.05, 3.63) is 15.6 Å². The van der Waals surface area contributed by atoms with E-state index in [0.717, 1.165) is 32.6 Å². The molecule has 0 aromatic carbocycles. The largest absolute Gasteiger partial charge is 0.381 e. The van der Waals surface area contributed by atoms with Gasteiger partial charge in [-0.25, -0.2) is 4.98 Å². The van der Waals surface area contributed by atoms with E-state index in [1.54, 1.807) is 4.88 Å². The number of likely N-dealkylation sites (N-methyl/N-ethyl adjacent to an activating group) is 1. The Morgan fingerprint density at radius 3 is 2.94 bits per heavy atom. The second-order valence-corrected chi connectivity index (χ2v) is 6.51. The summed E-state index contributed by atoms with van der Waals surface area (Å²) in [5.41, 5.74) is 1.40. The van der Waals surface area contributed by atoms with E-state index in [2.05, 4.69) is 5.32 Å². The Balaban J connectivity index is 1.81. The minimum atomic E-state index is 0.642.